The highest BCUT2D eigenvalue weighted by Crippen LogP contribution is 2.28. The van der Waals surface area contributed by atoms with Crippen molar-refractivity contribution < 1.29 is 8.42 Å². The number of nitrogens with zero attached hydrogens (tertiary/aromatic N) is 4. The zero-order valence-corrected chi connectivity index (χ0v) is 14.5. The van der Waals surface area contributed by atoms with E-state index in [-0.39, 0.29) is 11.4 Å². The maximum absolute atomic E-state index is 12.6. The number of aromatic amines is 1. The van der Waals surface area contributed by atoms with Crippen LogP contribution in [0.25, 0.3) is 11.0 Å². The first-order valence-electron chi connectivity index (χ1n) is 8.45. The number of aromatic nitrogens is 5. The minimum atomic E-state index is -3.63. The zero-order chi connectivity index (χ0) is 17.3. The van der Waals surface area contributed by atoms with Crippen LogP contribution in [0.5, 0.6) is 0 Å². The molecule has 1 aliphatic rings. The van der Waals surface area contributed by atoms with Crippen molar-refractivity contribution in [1.29, 1.82) is 0 Å². The van der Waals surface area contributed by atoms with Gasteiger partial charge in [0.25, 0.3) is 0 Å². The maximum atomic E-state index is 12.6. The van der Waals surface area contributed by atoms with Crippen LogP contribution in [0.3, 0.4) is 0 Å². The van der Waals surface area contributed by atoms with Crippen LogP contribution in [0, 0.1) is 0 Å². The summed E-state index contributed by atoms with van der Waals surface area (Å²) in [5.74, 6) is 0.651. The third-order valence-corrected chi connectivity index (χ3v) is 6.14. The van der Waals surface area contributed by atoms with Gasteiger partial charge in [0.15, 0.2) is 0 Å². The van der Waals surface area contributed by atoms with Gasteiger partial charge in [-0.05, 0) is 31.0 Å². The van der Waals surface area contributed by atoms with Crippen molar-refractivity contribution in [2.75, 3.05) is 0 Å². The second kappa shape index (κ2) is 6.57. The van der Waals surface area contributed by atoms with E-state index in [0.29, 0.717) is 17.4 Å². The number of benzene rings is 1. The van der Waals surface area contributed by atoms with Gasteiger partial charge in [-0.2, -0.15) is 0 Å². The average Bonchev–Trinajstić information content (AvgIpc) is 3.29. The van der Waals surface area contributed by atoms with Gasteiger partial charge < -0.3 is 9.55 Å². The number of sulfonamides is 1. The molecule has 2 heterocycles. The standard InChI is InChI=1S/C16H20N6O2S/c23-25(24,13-6-7-14-15(8-13)18-10-17-14)20-9-16-21-19-11-22(16)12-4-2-1-3-5-12/h6-8,10-12,20H,1-5,9H2,(H,17,18). The Bertz CT molecular complexity index is 971. The number of rotatable bonds is 5. The fraction of sp³-hybridized carbons (Fsp3) is 0.438. The van der Waals surface area contributed by atoms with Crippen molar-refractivity contribution in [3.63, 3.8) is 0 Å². The summed E-state index contributed by atoms with van der Waals surface area (Å²) in [5.41, 5.74) is 1.42. The van der Waals surface area contributed by atoms with E-state index in [1.807, 2.05) is 4.57 Å². The van der Waals surface area contributed by atoms with Crippen LogP contribution in [0.15, 0.2) is 35.7 Å². The van der Waals surface area contributed by atoms with Gasteiger partial charge in [0, 0.05) is 6.04 Å². The molecule has 0 bridgehead atoms. The van der Waals surface area contributed by atoms with Gasteiger partial charge in [0.1, 0.15) is 12.2 Å². The molecule has 132 valence electrons. The predicted molar refractivity (Wildman–Crippen MR) is 92.3 cm³/mol. The maximum Gasteiger partial charge on any atom is 0.241 e. The lowest BCUT2D eigenvalue weighted by Crippen LogP contribution is -2.26. The van der Waals surface area contributed by atoms with Gasteiger partial charge in [-0.1, -0.05) is 19.3 Å². The van der Waals surface area contributed by atoms with E-state index >= 15 is 0 Å². The van der Waals surface area contributed by atoms with Crippen molar-refractivity contribution in [3.8, 4) is 0 Å². The zero-order valence-electron chi connectivity index (χ0n) is 13.7. The fourth-order valence-corrected chi connectivity index (χ4v) is 4.39. The predicted octanol–water partition coefficient (Wildman–Crippen LogP) is 2.14. The molecule has 1 saturated carbocycles. The van der Waals surface area contributed by atoms with E-state index in [2.05, 4.69) is 24.9 Å². The summed E-state index contributed by atoms with van der Waals surface area (Å²) in [6.07, 6.45) is 9.08. The van der Waals surface area contributed by atoms with Gasteiger partial charge in [0.05, 0.1) is 28.8 Å². The average molecular weight is 360 g/mol. The second-order valence-corrected chi connectivity index (χ2v) is 8.12. The largest absolute Gasteiger partial charge is 0.345 e. The molecule has 0 saturated heterocycles. The topological polar surface area (TPSA) is 106 Å². The van der Waals surface area contributed by atoms with Crippen LogP contribution < -0.4 is 4.72 Å². The van der Waals surface area contributed by atoms with E-state index in [1.165, 1.54) is 19.3 Å². The highest BCUT2D eigenvalue weighted by Gasteiger charge is 2.20. The van der Waals surface area contributed by atoms with E-state index in [9.17, 15) is 8.42 Å². The number of fused-ring (bicyclic) bond motifs is 1. The van der Waals surface area contributed by atoms with E-state index < -0.39 is 10.0 Å². The Morgan fingerprint density at radius 3 is 2.92 bits per heavy atom. The molecule has 0 atom stereocenters. The molecule has 8 nitrogen and oxygen atoms in total. The Kier molecular flexibility index (Phi) is 4.26. The summed E-state index contributed by atoms with van der Waals surface area (Å²) in [4.78, 5) is 7.23. The quantitative estimate of drug-likeness (QED) is 0.725. The summed E-state index contributed by atoms with van der Waals surface area (Å²) in [6.45, 7) is 0.125. The molecule has 2 N–H and O–H groups in total. The van der Waals surface area contributed by atoms with Crippen molar-refractivity contribution in [1.82, 2.24) is 29.5 Å². The molecule has 0 unspecified atom stereocenters. The smallest absolute Gasteiger partial charge is 0.241 e. The van der Waals surface area contributed by atoms with Gasteiger partial charge in [-0.3, -0.25) is 0 Å². The SMILES string of the molecule is O=S(=O)(NCc1nncn1C1CCCCC1)c1ccc2nc[nH]c2c1. The number of imidazole rings is 1. The summed E-state index contributed by atoms with van der Waals surface area (Å²) in [5, 5.41) is 8.07. The first-order chi connectivity index (χ1) is 12.1. The number of nitrogens with one attached hydrogen (secondary N) is 2. The molecule has 2 aromatic heterocycles. The van der Waals surface area contributed by atoms with Crippen molar-refractivity contribution in [3.05, 3.63) is 36.7 Å². The lowest BCUT2D eigenvalue weighted by Gasteiger charge is -2.24. The second-order valence-electron chi connectivity index (χ2n) is 6.35. The van der Waals surface area contributed by atoms with Crippen molar-refractivity contribution in [2.45, 2.75) is 49.6 Å². The molecular weight excluding hydrogens is 340 g/mol. The number of hydrogen-bond acceptors (Lipinski definition) is 5. The molecule has 4 rings (SSSR count). The molecule has 25 heavy (non-hydrogen) atoms. The lowest BCUT2D eigenvalue weighted by atomic mass is 9.95. The van der Waals surface area contributed by atoms with Crippen LogP contribution in [0.4, 0.5) is 0 Å². The minimum absolute atomic E-state index is 0.125. The van der Waals surface area contributed by atoms with Gasteiger partial charge in [-0.15, -0.1) is 10.2 Å². The normalized spacial score (nSPS) is 16.5. The molecule has 1 fully saturated rings. The Morgan fingerprint density at radius 2 is 2.08 bits per heavy atom. The fourth-order valence-electron chi connectivity index (χ4n) is 3.38. The molecule has 0 amide bonds. The highest BCUT2D eigenvalue weighted by molar-refractivity contribution is 7.89. The van der Waals surface area contributed by atoms with Crippen molar-refractivity contribution in [2.24, 2.45) is 0 Å². The third-order valence-electron chi connectivity index (χ3n) is 4.74. The Labute approximate surface area is 145 Å². The molecule has 0 radical (unpaired) electrons. The van der Waals surface area contributed by atoms with E-state index in [0.717, 1.165) is 18.4 Å². The Hall–Kier alpha value is -2.26. The van der Waals surface area contributed by atoms with Crippen LogP contribution in [-0.4, -0.2) is 33.2 Å². The Morgan fingerprint density at radius 1 is 1.24 bits per heavy atom. The van der Waals surface area contributed by atoms with E-state index in [4.69, 9.17) is 0 Å². The Balaban J connectivity index is 1.51. The summed E-state index contributed by atoms with van der Waals surface area (Å²) in [7, 11) is -3.63. The lowest BCUT2D eigenvalue weighted by molar-refractivity contribution is 0.344. The number of H-pyrrole nitrogens is 1. The van der Waals surface area contributed by atoms with E-state index in [1.54, 1.807) is 30.9 Å². The van der Waals surface area contributed by atoms with Gasteiger partial charge >= 0.3 is 0 Å². The number of hydrogen-bond donors (Lipinski definition) is 2. The van der Waals surface area contributed by atoms with Crippen LogP contribution >= 0.6 is 0 Å². The van der Waals surface area contributed by atoms with Crippen LogP contribution in [-0.2, 0) is 16.6 Å². The monoisotopic (exact) mass is 360 g/mol. The molecule has 3 aromatic rings. The van der Waals surface area contributed by atoms with Gasteiger partial charge in [-0.25, -0.2) is 18.1 Å². The third kappa shape index (κ3) is 3.29. The molecule has 1 aliphatic carbocycles. The summed E-state index contributed by atoms with van der Waals surface area (Å²) < 4.78 is 29.8. The van der Waals surface area contributed by atoms with Crippen LogP contribution in [0.2, 0.25) is 0 Å². The van der Waals surface area contributed by atoms with Crippen molar-refractivity contribution >= 4 is 21.1 Å². The molecule has 1 aromatic carbocycles. The molecular formula is C16H20N6O2S. The first-order valence-corrected chi connectivity index (χ1v) is 9.93. The minimum Gasteiger partial charge on any atom is -0.345 e. The summed E-state index contributed by atoms with van der Waals surface area (Å²) in [6, 6.07) is 5.18. The van der Waals surface area contributed by atoms with Crippen LogP contribution in [0.1, 0.15) is 44.0 Å². The molecule has 9 heteroatoms. The highest BCUT2D eigenvalue weighted by atomic mass is 32.2. The molecule has 0 spiro atoms. The first kappa shape index (κ1) is 16.2. The summed E-state index contributed by atoms with van der Waals surface area (Å²) >= 11 is 0. The van der Waals surface area contributed by atoms with Gasteiger partial charge in [0.2, 0.25) is 10.0 Å². The molecule has 0 aliphatic heterocycles.